The molecule has 1 saturated carbocycles. The first-order chi connectivity index (χ1) is 9.31. The maximum absolute atomic E-state index is 12.2. The largest absolute Gasteiger partial charge is 0.356 e. The summed E-state index contributed by atoms with van der Waals surface area (Å²) < 4.78 is 0. The summed E-state index contributed by atoms with van der Waals surface area (Å²) in [6, 6.07) is 0. The Bertz CT molecular complexity index is 296. The molecule has 0 aromatic heterocycles. The summed E-state index contributed by atoms with van der Waals surface area (Å²) in [6.07, 6.45) is 7.39. The van der Waals surface area contributed by atoms with Crippen molar-refractivity contribution in [3.63, 3.8) is 0 Å². The molecule has 118 valence electrons. The van der Waals surface area contributed by atoms with Crippen molar-refractivity contribution >= 4 is 5.91 Å². The second-order valence-electron chi connectivity index (χ2n) is 7.91. The monoisotopic (exact) mass is 282 g/mol. The van der Waals surface area contributed by atoms with E-state index in [4.69, 9.17) is 5.73 Å². The number of nitrogens with two attached hydrogens (primary N) is 1. The summed E-state index contributed by atoms with van der Waals surface area (Å²) >= 11 is 0. The van der Waals surface area contributed by atoms with Gasteiger partial charge >= 0.3 is 0 Å². The lowest BCUT2D eigenvalue weighted by Gasteiger charge is -2.27. The van der Waals surface area contributed by atoms with E-state index >= 15 is 0 Å². The first kappa shape index (κ1) is 17.5. The highest BCUT2D eigenvalue weighted by Crippen LogP contribution is 2.30. The van der Waals surface area contributed by atoms with Gasteiger partial charge in [-0.05, 0) is 36.5 Å². The SMILES string of the molecule is CC1CCCC(CCNC(=O)C(CN)CC(C)(C)C)C1. The molecule has 0 aromatic carbocycles. The van der Waals surface area contributed by atoms with E-state index in [9.17, 15) is 4.79 Å². The quantitative estimate of drug-likeness (QED) is 0.785. The molecule has 0 radical (unpaired) electrons. The number of amides is 1. The Morgan fingerprint density at radius 3 is 2.60 bits per heavy atom. The van der Waals surface area contributed by atoms with Crippen LogP contribution in [0, 0.1) is 23.2 Å². The Kier molecular flexibility index (Phi) is 7.01. The van der Waals surface area contributed by atoms with Gasteiger partial charge < -0.3 is 11.1 Å². The van der Waals surface area contributed by atoms with E-state index in [1.165, 1.54) is 25.7 Å². The molecule has 0 saturated heterocycles. The van der Waals surface area contributed by atoms with Gasteiger partial charge in [-0.15, -0.1) is 0 Å². The van der Waals surface area contributed by atoms with E-state index < -0.39 is 0 Å². The van der Waals surface area contributed by atoms with Crippen LogP contribution >= 0.6 is 0 Å². The summed E-state index contributed by atoms with van der Waals surface area (Å²) in [4.78, 5) is 12.2. The van der Waals surface area contributed by atoms with Crippen molar-refractivity contribution in [2.45, 2.75) is 66.2 Å². The molecule has 0 aromatic rings. The fraction of sp³-hybridized carbons (Fsp3) is 0.941. The van der Waals surface area contributed by atoms with Crippen molar-refractivity contribution in [1.82, 2.24) is 5.32 Å². The predicted molar refractivity (Wildman–Crippen MR) is 85.4 cm³/mol. The Balaban J connectivity index is 2.27. The molecule has 1 rings (SSSR count). The summed E-state index contributed by atoms with van der Waals surface area (Å²) in [5, 5.41) is 3.10. The number of hydrogen-bond acceptors (Lipinski definition) is 2. The highest BCUT2D eigenvalue weighted by atomic mass is 16.1. The molecule has 0 bridgehead atoms. The summed E-state index contributed by atoms with van der Waals surface area (Å²) in [7, 11) is 0. The minimum Gasteiger partial charge on any atom is -0.356 e. The third kappa shape index (κ3) is 6.74. The Hall–Kier alpha value is -0.570. The van der Waals surface area contributed by atoms with Crippen LogP contribution in [0.25, 0.3) is 0 Å². The lowest BCUT2D eigenvalue weighted by molar-refractivity contribution is -0.125. The van der Waals surface area contributed by atoms with E-state index in [-0.39, 0.29) is 17.2 Å². The van der Waals surface area contributed by atoms with Crippen LogP contribution in [0.2, 0.25) is 0 Å². The molecule has 20 heavy (non-hydrogen) atoms. The molecule has 1 aliphatic carbocycles. The summed E-state index contributed by atoms with van der Waals surface area (Å²) in [6.45, 7) is 10.1. The van der Waals surface area contributed by atoms with E-state index in [1.54, 1.807) is 0 Å². The first-order valence-electron chi connectivity index (χ1n) is 8.29. The van der Waals surface area contributed by atoms with Crippen molar-refractivity contribution in [2.24, 2.45) is 28.9 Å². The van der Waals surface area contributed by atoms with Gasteiger partial charge in [0.25, 0.3) is 0 Å². The second kappa shape index (κ2) is 8.02. The third-order valence-corrected chi connectivity index (χ3v) is 4.41. The van der Waals surface area contributed by atoms with Gasteiger partial charge in [0, 0.05) is 13.1 Å². The highest BCUT2D eigenvalue weighted by molar-refractivity contribution is 5.78. The van der Waals surface area contributed by atoms with Crippen molar-refractivity contribution in [1.29, 1.82) is 0 Å². The Labute approximate surface area is 125 Å². The summed E-state index contributed by atoms with van der Waals surface area (Å²) in [5.41, 5.74) is 5.91. The smallest absolute Gasteiger partial charge is 0.224 e. The van der Waals surface area contributed by atoms with Gasteiger partial charge in [-0.3, -0.25) is 4.79 Å². The van der Waals surface area contributed by atoms with Crippen molar-refractivity contribution < 1.29 is 4.79 Å². The van der Waals surface area contributed by atoms with Gasteiger partial charge in [-0.25, -0.2) is 0 Å². The van der Waals surface area contributed by atoms with Crippen LogP contribution in [0.1, 0.15) is 66.2 Å². The molecule has 1 amide bonds. The lowest BCUT2D eigenvalue weighted by atomic mass is 9.81. The van der Waals surface area contributed by atoms with Crippen LogP contribution in [0.4, 0.5) is 0 Å². The normalized spacial score (nSPS) is 25.2. The van der Waals surface area contributed by atoms with Gasteiger partial charge in [-0.2, -0.15) is 0 Å². The van der Waals surface area contributed by atoms with Crippen LogP contribution < -0.4 is 11.1 Å². The molecule has 1 aliphatic rings. The molecule has 3 atom stereocenters. The maximum Gasteiger partial charge on any atom is 0.224 e. The number of hydrogen-bond donors (Lipinski definition) is 2. The highest BCUT2D eigenvalue weighted by Gasteiger charge is 2.24. The molecule has 3 N–H and O–H groups in total. The zero-order valence-corrected chi connectivity index (χ0v) is 13.9. The Morgan fingerprint density at radius 1 is 1.35 bits per heavy atom. The molecule has 3 heteroatoms. The van der Waals surface area contributed by atoms with Crippen LogP contribution in [-0.4, -0.2) is 19.0 Å². The van der Waals surface area contributed by atoms with Gasteiger partial charge in [-0.1, -0.05) is 47.0 Å². The fourth-order valence-electron chi connectivity index (χ4n) is 3.39. The number of carbonyl (C=O) groups is 1. The number of carbonyl (C=O) groups excluding carboxylic acids is 1. The predicted octanol–water partition coefficient (Wildman–Crippen LogP) is 3.33. The molecule has 3 unspecified atom stereocenters. The zero-order valence-electron chi connectivity index (χ0n) is 13.9. The van der Waals surface area contributed by atoms with Crippen LogP contribution in [0.15, 0.2) is 0 Å². The van der Waals surface area contributed by atoms with E-state index in [0.717, 1.165) is 31.2 Å². The molecule has 0 spiro atoms. The standard InChI is InChI=1S/C17H34N2O/c1-13-6-5-7-14(10-13)8-9-19-16(20)15(12-18)11-17(2,3)4/h13-15H,5-12,18H2,1-4H3,(H,19,20). The first-order valence-corrected chi connectivity index (χ1v) is 8.29. The molecule has 0 heterocycles. The molecular formula is C17H34N2O. The minimum absolute atomic E-state index is 0.0414. The number of nitrogens with one attached hydrogen (secondary N) is 1. The van der Waals surface area contributed by atoms with E-state index in [0.29, 0.717) is 6.54 Å². The third-order valence-electron chi connectivity index (χ3n) is 4.41. The van der Waals surface area contributed by atoms with Crippen molar-refractivity contribution in [3.8, 4) is 0 Å². The van der Waals surface area contributed by atoms with Gasteiger partial charge in [0.05, 0.1) is 5.92 Å². The second-order valence-corrected chi connectivity index (χ2v) is 7.91. The average Bonchev–Trinajstić information content (AvgIpc) is 2.34. The van der Waals surface area contributed by atoms with Crippen LogP contribution in [0.5, 0.6) is 0 Å². The van der Waals surface area contributed by atoms with Gasteiger partial charge in [0.15, 0.2) is 0 Å². The number of rotatable bonds is 6. The topological polar surface area (TPSA) is 55.1 Å². The van der Waals surface area contributed by atoms with E-state index in [1.807, 2.05) is 0 Å². The average molecular weight is 282 g/mol. The van der Waals surface area contributed by atoms with Crippen molar-refractivity contribution in [3.05, 3.63) is 0 Å². The summed E-state index contributed by atoms with van der Waals surface area (Å²) in [5.74, 6) is 1.77. The molecule has 3 nitrogen and oxygen atoms in total. The van der Waals surface area contributed by atoms with E-state index in [2.05, 4.69) is 33.0 Å². The molecule has 1 fully saturated rings. The van der Waals surface area contributed by atoms with Crippen LogP contribution in [-0.2, 0) is 4.79 Å². The lowest BCUT2D eigenvalue weighted by Crippen LogP contribution is -2.38. The van der Waals surface area contributed by atoms with Crippen LogP contribution in [0.3, 0.4) is 0 Å². The molecular weight excluding hydrogens is 248 g/mol. The van der Waals surface area contributed by atoms with Gasteiger partial charge in [0.1, 0.15) is 0 Å². The Morgan fingerprint density at radius 2 is 2.05 bits per heavy atom. The maximum atomic E-state index is 12.2. The minimum atomic E-state index is -0.0414. The zero-order chi connectivity index (χ0) is 15.2. The van der Waals surface area contributed by atoms with Crippen molar-refractivity contribution in [2.75, 3.05) is 13.1 Å². The molecule has 0 aliphatic heterocycles. The fourth-order valence-corrected chi connectivity index (χ4v) is 3.39. The van der Waals surface area contributed by atoms with Gasteiger partial charge in [0.2, 0.25) is 5.91 Å².